The van der Waals surface area contributed by atoms with Crippen LogP contribution >= 0.6 is 15.9 Å². The van der Waals surface area contributed by atoms with Gasteiger partial charge in [0.2, 0.25) is 0 Å². The summed E-state index contributed by atoms with van der Waals surface area (Å²) in [5, 5.41) is 0. The number of nitrogen functional groups attached to an aromatic ring is 1. The summed E-state index contributed by atoms with van der Waals surface area (Å²) in [6.45, 7) is 2.45. The second kappa shape index (κ2) is 7.13. The van der Waals surface area contributed by atoms with Crippen LogP contribution in [0.5, 0.6) is 5.75 Å². The van der Waals surface area contributed by atoms with Gasteiger partial charge in [-0.15, -0.1) is 0 Å². The number of halogens is 1. The quantitative estimate of drug-likeness (QED) is 0.658. The van der Waals surface area contributed by atoms with Gasteiger partial charge < -0.3 is 15.2 Å². The lowest BCUT2D eigenvalue weighted by Gasteiger charge is -2.10. The summed E-state index contributed by atoms with van der Waals surface area (Å²) >= 11 is 3.47. The van der Waals surface area contributed by atoms with Crippen LogP contribution in [0.4, 0.5) is 5.69 Å². The Morgan fingerprint density at radius 1 is 1.24 bits per heavy atom. The maximum Gasteiger partial charge on any atom is 0.340 e. The van der Waals surface area contributed by atoms with Crippen LogP contribution in [0.15, 0.2) is 46.9 Å². The molecule has 2 rings (SSSR count). The molecule has 0 bridgehead atoms. The smallest absolute Gasteiger partial charge is 0.340 e. The number of rotatable bonds is 5. The molecule has 2 aromatic carbocycles. The molecule has 0 aliphatic rings. The second-order valence-electron chi connectivity index (χ2n) is 4.35. The van der Waals surface area contributed by atoms with Crippen LogP contribution in [0, 0.1) is 0 Å². The van der Waals surface area contributed by atoms with E-state index in [1.54, 1.807) is 25.1 Å². The minimum atomic E-state index is -0.443. The Morgan fingerprint density at radius 3 is 2.71 bits per heavy atom. The third-order valence-electron chi connectivity index (χ3n) is 2.87. The summed E-state index contributed by atoms with van der Waals surface area (Å²) in [7, 11) is 0. The van der Waals surface area contributed by atoms with Crippen molar-refractivity contribution in [2.24, 2.45) is 0 Å². The summed E-state index contributed by atoms with van der Waals surface area (Å²) in [4.78, 5) is 11.8. The van der Waals surface area contributed by atoms with Crippen LogP contribution in [-0.4, -0.2) is 12.6 Å². The molecular weight excluding hydrogens is 334 g/mol. The van der Waals surface area contributed by atoms with Gasteiger partial charge in [-0.3, -0.25) is 0 Å². The molecule has 5 heteroatoms. The van der Waals surface area contributed by atoms with E-state index in [1.165, 1.54) is 0 Å². The molecule has 0 aliphatic carbocycles. The Balaban J connectivity index is 2.12. The fourth-order valence-electron chi connectivity index (χ4n) is 1.79. The third-order valence-corrected chi connectivity index (χ3v) is 3.65. The van der Waals surface area contributed by atoms with E-state index in [-0.39, 0.29) is 0 Å². The number of anilines is 1. The van der Waals surface area contributed by atoms with Gasteiger partial charge in [0.1, 0.15) is 12.4 Å². The summed E-state index contributed by atoms with van der Waals surface area (Å²) in [6.07, 6.45) is 0. The normalized spacial score (nSPS) is 10.2. The van der Waals surface area contributed by atoms with E-state index in [0.717, 1.165) is 10.0 Å². The first-order valence-corrected chi connectivity index (χ1v) is 7.34. The molecule has 2 aromatic rings. The van der Waals surface area contributed by atoms with Gasteiger partial charge in [-0.1, -0.05) is 34.1 Å². The van der Waals surface area contributed by atoms with Gasteiger partial charge in [0, 0.05) is 15.7 Å². The first kappa shape index (κ1) is 15.4. The lowest BCUT2D eigenvalue weighted by molar-refractivity contribution is 0.0527. The van der Waals surface area contributed by atoms with E-state index >= 15 is 0 Å². The molecule has 110 valence electrons. The van der Waals surface area contributed by atoms with E-state index in [0.29, 0.717) is 30.2 Å². The Morgan fingerprint density at radius 2 is 2.00 bits per heavy atom. The van der Waals surface area contributed by atoms with E-state index in [2.05, 4.69) is 15.9 Å². The maximum absolute atomic E-state index is 11.8. The van der Waals surface area contributed by atoms with E-state index in [9.17, 15) is 4.79 Å². The fourth-order valence-corrected chi connectivity index (χ4v) is 2.19. The predicted octanol–water partition coefficient (Wildman–Crippen LogP) is 3.79. The molecule has 2 N–H and O–H groups in total. The first-order chi connectivity index (χ1) is 10.1. The average molecular weight is 350 g/mol. The second-order valence-corrected chi connectivity index (χ2v) is 5.20. The minimum Gasteiger partial charge on any atom is -0.489 e. The predicted molar refractivity (Wildman–Crippen MR) is 85.3 cm³/mol. The van der Waals surface area contributed by atoms with Crippen LogP contribution in [0.3, 0.4) is 0 Å². The number of carbonyl (C=O) groups is 1. The molecule has 0 unspecified atom stereocenters. The Hall–Kier alpha value is -2.01. The van der Waals surface area contributed by atoms with Crippen LogP contribution in [-0.2, 0) is 11.3 Å². The molecule has 0 fully saturated rings. The molecule has 0 radical (unpaired) electrons. The number of ether oxygens (including phenoxy) is 2. The summed E-state index contributed by atoms with van der Waals surface area (Å²) in [5.41, 5.74) is 7.51. The highest BCUT2D eigenvalue weighted by Gasteiger charge is 2.12. The Labute approximate surface area is 132 Å². The Bertz CT molecular complexity index is 643. The van der Waals surface area contributed by atoms with Crippen LogP contribution in [0.2, 0.25) is 0 Å². The molecule has 0 heterocycles. The molecule has 0 atom stereocenters. The molecule has 4 nitrogen and oxygen atoms in total. The van der Waals surface area contributed by atoms with Crippen LogP contribution in [0.1, 0.15) is 22.8 Å². The van der Waals surface area contributed by atoms with E-state index in [1.807, 2.05) is 24.3 Å². The third kappa shape index (κ3) is 3.98. The highest BCUT2D eigenvalue weighted by Crippen LogP contribution is 2.23. The zero-order valence-corrected chi connectivity index (χ0v) is 13.2. The van der Waals surface area contributed by atoms with Crippen LogP contribution in [0.25, 0.3) is 0 Å². The van der Waals surface area contributed by atoms with E-state index < -0.39 is 5.97 Å². The molecular formula is C16H16BrNO3. The van der Waals surface area contributed by atoms with Crippen molar-refractivity contribution in [2.75, 3.05) is 12.3 Å². The van der Waals surface area contributed by atoms with Gasteiger partial charge in [0.15, 0.2) is 0 Å². The first-order valence-electron chi connectivity index (χ1n) is 6.54. The van der Waals surface area contributed by atoms with Crippen molar-refractivity contribution in [3.8, 4) is 5.75 Å². The lowest BCUT2D eigenvalue weighted by atomic mass is 10.1. The standard InChI is InChI=1S/C16H16BrNO3/c1-2-20-16(19)13-9-12(7-8-15(13)18)21-10-11-5-3-4-6-14(11)17/h3-9H,2,10,18H2,1H3. The monoisotopic (exact) mass is 349 g/mol. The zero-order valence-electron chi connectivity index (χ0n) is 11.6. The number of hydrogen-bond acceptors (Lipinski definition) is 4. The zero-order chi connectivity index (χ0) is 15.2. The van der Waals surface area contributed by atoms with Gasteiger partial charge in [-0.25, -0.2) is 4.79 Å². The van der Waals surface area contributed by atoms with Crippen LogP contribution < -0.4 is 10.5 Å². The topological polar surface area (TPSA) is 61.5 Å². The average Bonchev–Trinajstić information content (AvgIpc) is 2.48. The number of nitrogens with two attached hydrogens (primary N) is 1. The van der Waals surface area contributed by atoms with Crippen molar-refractivity contribution in [3.63, 3.8) is 0 Å². The molecule has 0 amide bonds. The number of esters is 1. The van der Waals surface area contributed by atoms with E-state index in [4.69, 9.17) is 15.2 Å². The molecule has 21 heavy (non-hydrogen) atoms. The highest BCUT2D eigenvalue weighted by molar-refractivity contribution is 9.10. The summed E-state index contributed by atoms with van der Waals surface area (Å²) in [6, 6.07) is 12.8. The largest absolute Gasteiger partial charge is 0.489 e. The van der Waals surface area contributed by atoms with Crippen molar-refractivity contribution in [1.29, 1.82) is 0 Å². The molecule has 0 saturated heterocycles. The fraction of sp³-hybridized carbons (Fsp3) is 0.188. The van der Waals surface area contributed by atoms with Crippen molar-refractivity contribution in [1.82, 2.24) is 0 Å². The van der Waals surface area contributed by atoms with Gasteiger partial charge in [0.05, 0.1) is 12.2 Å². The molecule has 0 spiro atoms. The van der Waals surface area contributed by atoms with Crippen molar-refractivity contribution in [3.05, 3.63) is 58.1 Å². The lowest BCUT2D eigenvalue weighted by Crippen LogP contribution is -2.08. The van der Waals surface area contributed by atoms with Gasteiger partial charge in [-0.05, 0) is 31.2 Å². The van der Waals surface area contributed by atoms with Crippen molar-refractivity contribution in [2.45, 2.75) is 13.5 Å². The molecule has 0 saturated carbocycles. The molecule has 0 aliphatic heterocycles. The maximum atomic E-state index is 11.8. The van der Waals surface area contributed by atoms with Gasteiger partial charge in [0.25, 0.3) is 0 Å². The highest BCUT2D eigenvalue weighted by atomic mass is 79.9. The molecule has 0 aromatic heterocycles. The SMILES string of the molecule is CCOC(=O)c1cc(OCc2ccccc2Br)ccc1N. The number of hydrogen-bond donors (Lipinski definition) is 1. The summed E-state index contributed by atoms with van der Waals surface area (Å²) < 4.78 is 11.6. The van der Waals surface area contributed by atoms with Crippen molar-refractivity contribution >= 4 is 27.6 Å². The summed E-state index contributed by atoms with van der Waals surface area (Å²) in [5.74, 6) is 0.129. The van der Waals surface area contributed by atoms with Gasteiger partial charge >= 0.3 is 5.97 Å². The Kier molecular flexibility index (Phi) is 5.22. The van der Waals surface area contributed by atoms with Crippen molar-refractivity contribution < 1.29 is 14.3 Å². The minimum absolute atomic E-state index is 0.306. The van der Waals surface area contributed by atoms with Gasteiger partial charge in [-0.2, -0.15) is 0 Å². The number of carbonyl (C=O) groups excluding carboxylic acids is 1. The number of benzene rings is 2.